The molecule has 9 heteroatoms. The van der Waals surface area contributed by atoms with E-state index in [-0.39, 0.29) is 29.7 Å². The second-order valence-electron chi connectivity index (χ2n) is 6.06. The molecule has 0 amide bonds. The molecule has 1 aromatic heterocycles. The number of halogens is 1. The molecule has 2 rings (SSSR count). The molecule has 0 aliphatic carbocycles. The fourth-order valence-electron chi connectivity index (χ4n) is 2.61. The van der Waals surface area contributed by atoms with Gasteiger partial charge in [0.05, 0.1) is 16.3 Å². The second-order valence-corrected chi connectivity index (χ2v) is 8.17. The number of aromatic nitrogens is 2. The van der Waals surface area contributed by atoms with Crippen molar-refractivity contribution in [3.05, 3.63) is 47.8 Å². The van der Waals surface area contributed by atoms with E-state index in [0.717, 1.165) is 30.9 Å². The molecule has 0 aliphatic rings. The molecule has 0 aliphatic heterocycles. The van der Waals surface area contributed by atoms with Crippen molar-refractivity contribution in [2.75, 3.05) is 25.9 Å². The third kappa shape index (κ3) is 7.49. The van der Waals surface area contributed by atoms with Gasteiger partial charge in [0, 0.05) is 32.4 Å². The van der Waals surface area contributed by atoms with E-state index in [1.54, 1.807) is 37.4 Å². The summed E-state index contributed by atoms with van der Waals surface area (Å²) in [7, 11) is -1.62. The third-order valence-electron chi connectivity index (χ3n) is 3.93. The van der Waals surface area contributed by atoms with E-state index in [1.807, 2.05) is 18.5 Å². The van der Waals surface area contributed by atoms with Gasteiger partial charge in [-0.25, -0.2) is 8.42 Å². The van der Waals surface area contributed by atoms with Gasteiger partial charge in [-0.3, -0.25) is 9.67 Å². The first-order chi connectivity index (χ1) is 12.4. The monoisotopic (exact) mass is 505 g/mol. The molecule has 0 unspecified atom stereocenters. The third-order valence-corrected chi connectivity index (χ3v) is 5.66. The summed E-state index contributed by atoms with van der Waals surface area (Å²) in [6, 6.07) is 10.5. The zero-order chi connectivity index (χ0) is 19.0. The highest BCUT2D eigenvalue weighted by molar-refractivity contribution is 14.0. The van der Waals surface area contributed by atoms with Crippen molar-refractivity contribution in [1.82, 2.24) is 20.4 Å². The van der Waals surface area contributed by atoms with Crippen LogP contribution < -0.4 is 10.6 Å². The summed E-state index contributed by atoms with van der Waals surface area (Å²) in [6.07, 6.45) is 0.894. The van der Waals surface area contributed by atoms with Crippen molar-refractivity contribution in [2.24, 2.45) is 4.99 Å². The van der Waals surface area contributed by atoms with Gasteiger partial charge in [0.25, 0.3) is 0 Å². The van der Waals surface area contributed by atoms with Crippen LogP contribution >= 0.6 is 24.0 Å². The van der Waals surface area contributed by atoms with Crippen LogP contribution in [0.25, 0.3) is 0 Å². The number of aryl methyl sites for hydroxylation is 3. The molecule has 7 nitrogen and oxygen atoms in total. The van der Waals surface area contributed by atoms with Crippen molar-refractivity contribution >= 4 is 39.8 Å². The number of benzene rings is 1. The number of nitrogens with zero attached hydrogens (tertiary/aromatic N) is 3. The van der Waals surface area contributed by atoms with Crippen molar-refractivity contribution in [1.29, 1.82) is 0 Å². The number of hydrogen-bond acceptors (Lipinski definition) is 4. The quantitative estimate of drug-likeness (QED) is 0.249. The van der Waals surface area contributed by atoms with Crippen LogP contribution in [0.3, 0.4) is 0 Å². The van der Waals surface area contributed by atoms with Crippen molar-refractivity contribution in [3.8, 4) is 0 Å². The molecule has 2 aromatic rings. The van der Waals surface area contributed by atoms with E-state index in [0.29, 0.717) is 17.4 Å². The summed E-state index contributed by atoms with van der Waals surface area (Å²) >= 11 is 0. The lowest BCUT2D eigenvalue weighted by Crippen LogP contribution is -2.40. The molecule has 0 fully saturated rings. The van der Waals surface area contributed by atoms with Gasteiger partial charge >= 0.3 is 0 Å². The van der Waals surface area contributed by atoms with Crippen molar-refractivity contribution in [3.63, 3.8) is 0 Å². The Balaban J connectivity index is 0.00000364. The minimum atomic E-state index is -3.28. The van der Waals surface area contributed by atoms with Crippen LogP contribution in [-0.2, 0) is 16.4 Å². The van der Waals surface area contributed by atoms with Crippen LogP contribution in [0.5, 0.6) is 0 Å². The van der Waals surface area contributed by atoms with Gasteiger partial charge in [0.2, 0.25) is 0 Å². The van der Waals surface area contributed by atoms with Gasteiger partial charge in [-0.1, -0.05) is 18.2 Å². The predicted molar refractivity (Wildman–Crippen MR) is 120 cm³/mol. The van der Waals surface area contributed by atoms with Gasteiger partial charge in [0.1, 0.15) is 0 Å². The highest BCUT2D eigenvalue weighted by atomic mass is 127. The second kappa shape index (κ2) is 11.3. The number of aliphatic imine (C=N–C) groups is 1. The zero-order valence-corrected chi connectivity index (χ0v) is 19.1. The summed E-state index contributed by atoms with van der Waals surface area (Å²) in [6.45, 7) is 5.88. The van der Waals surface area contributed by atoms with E-state index in [9.17, 15) is 8.42 Å². The molecule has 0 saturated carbocycles. The highest BCUT2D eigenvalue weighted by Crippen LogP contribution is 2.09. The van der Waals surface area contributed by atoms with Crippen LogP contribution in [0.1, 0.15) is 17.8 Å². The molecule has 1 heterocycles. The lowest BCUT2D eigenvalue weighted by molar-refractivity contribution is 0.555. The van der Waals surface area contributed by atoms with Gasteiger partial charge < -0.3 is 10.6 Å². The Morgan fingerprint density at radius 2 is 1.81 bits per heavy atom. The lowest BCUT2D eigenvalue weighted by atomic mass is 10.4. The summed E-state index contributed by atoms with van der Waals surface area (Å²) in [5.41, 5.74) is 2.17. The summed E-state index contributed by atoms with van der Waals surface area (Å²) in [5, 5.41) is 10.7. The molecular weight excluding hydrogens is 477 g/mol. The standard InChI is InChI=1S/C18H27N5O2S.HI/c1-15-14-16(2)23(22-15)12-7-10-20-18(19-3)21-11-13-26(24,25)17-8-5-4-6-9-17;/h4-6,8-9,14H,7,10-13H2,1-3H3,(H2,19,20,21);1H. The Labute approximate surface area is 178 Å². The van der Waals surface area contributed by atoms with Crippen LogP contribution in [0, 0.1) is 13.8 Å². The minimum Gasteiger partial charge on any atom is -0.356 e. The van der Waals surface area contributed by atoms with Gasteiger partial charge in [-0.15, -0.1) is 24.0 Å². The van der Waals surface area contributed by atoms with Crippen LogP contribution in [0.2, 0.25) is 0 Å². The van der Waals surface area contributed by atoms with E-state index in [1.165, 1.54) is 0 Å². The first-order valence-corrected chi connectivity index (χ1v) is 10.3. The molecule has 27 heavy (non-hydrogen) atoms. The normalized spacial score (nSPS) is 11.7. The molecule has 0 radical (unpaired) electrons. The molecular formula is C18H28IN5O2S. The first-order valence-electron chi connectivity index (χ1n) is 8.66. The lowest BCUT2D eigenvalue weighted by Gasteiger charge is -2.12. The van der Waals surface area contributed by atoms with Gasteiger partial charge in [0.15, 0.2) is 15.8 Å². The number of hydrogen-bond donors (Lipinski definition) is 2. The average molecular weight is 505 g/mol. The van der Waals surface area contributed by atoms with Crippen LogP contribution in [-0.4, -0.2) is 50.0 Å². The summed E-state index contributed by atoms with van der Waals surface area (Å²) in [5.74, 6) is 0.616. The molecule has 150 valence electrons. The molecule has 0 bridgehead atoms. The predicted octanol–water partition coefficient (Wildman–Crippen LogP) is 2.15. The number of nitrogens with one attached hydrogen (secondary N) is 2. The molecule has 0 saturated heterocycles. The minimum absolute atomic E-state index is 0. The fourth-order valence-corrected chi connectivity index (χ4v) is 3.79. The number of sulfone groups is 1. The van der Waals surface area contributed by atoms with E-state index >= 15 is 0 Å². The topological polar surface area (TPSA) is 88.4 Å². The Kier molecular flexibility index (Phi) is 9.78. The number of rotatable bonds is 8. The summed E-state index contributed by atoms with van der Waals surface area (Å²) in [4.78, 5) is 4.47. The number of guanidine groups is 1. The van der Waals surface area contributed by atoms with Crippen LogP contribution in [0.4, 0.5) is 0 Å². The maximum Gasteiger partial charge on any atom is 0.191 e. The largest absolute Gasteiger partial charge is 0.356 e. The maximum atomic E-state index is 12.2. The average Bonchev–Trinajstić information content (AvgIpc) is 2.95. The molecule has 1 aromatic carbocycles. The Bertz CT molecular complexity index is 835. The van der Waals surface area contributed by atoms with E-state index in [2.05, 4.69) is 26.8 Å². The molecule has 0 spiro atoms. The maximum absolute atomic E-state index is 12.2. The summed E-state index contributed by atoms with van der Waals surface area (Å²) < 4.78 is 26.5. The van der Waals surface area contributed by atoms with Gasteiger partial charge in [-0.2, -0.15) is 5.10 Å². The van der Waals surface area contributed by atoms with Gasteiger partial charge in [-0.05, 0) is 38.5 Å². The SMILES string of the molecule is CN=C(NCCCn1nc(C)cc1C)NCCS(=O)(=O)c1ccccc1.I. The first kappa shape index (κ1) is 23.4. The molecule has 2 N–H and O–H groups in total. The molecule has 0 atom stereocenters. The van der Waals surface area contributed by atoms with E-state index < -0.39 is 9.84 Å². The Hall–Kier alpha value is -1.62. The van der Waals surface area contributed by atoms with Crippen molar-refractivity contribution < 1.29 is 8.42 Å². The zero-order valence-electron chi connectivity index (χ0n) is 16.0. The Morgan fingerprint density at radius 1 is 1.15 bits per heavy atom. The van der Waals surface area contributed by atoms with Crippen LogP contribution in [0.15, 0.2) is 46.3 Å². The highest BCUT2D eigenvalue weighted by Gasteiger charge is 2.13. The fraction of sp³-hybridized carbons (Fsp3) is 0.444. The van der Waals surface area contributed by atoms with Crippen molar-refractivity contribution in [2.45, 2.75) is 31.7 Å². The van der Waals surface area contributed by atoms with E-state index in [4.69, 9.17) is 0 Å². The smallest absolute Gasteiger partial charge is 0.191 e. The Morgan fingerprint density at radius 3 is 2.41 bits per heavy atom.